The van der Waals surface area contributed by atoms with Gasteiger partial charge < -0.3 is 19.9 Å². The van der Waals surface area contributed by atoms with Gasteiger partial charge in [0.1, 0.15) is 5.75 Å². The van der Waals surface area contributed by atoms with Crippen LogP contribution in [0.1, 0.15) is 40.3 Å². The van der Waals surface area contributed by atoms with Gasteiger partial charge in [-0.1, -0.05) is 24.3 Å². The molecule has 0 aliphatic carbocycles. The number of phenolic OH excluding ortho intramolecular Hbond substituents is 1. The lowest BCUT2D eigenvalue weighted by molar-refractivity contribution is 0.475. The molecule has 1 aliphatic heterocycles. The third kappa shape index (κ3) is 3.66. The number of hydrogen-bond acceptors (Lipinski definition) is 3. The molecule has 6 heteroatoms. The molecule has 0 unspecified atom stereocenters. The average Bonchev–Trinajstić information content (AvgIpc) is 3.31. The van der Waals surface area contributed by atoms with Crippen molar-refractivity contribution in [1.29, 1.82) is 0 Å². The maximum Gasteiger partial charge on any atom is 0.174 e. The van der Waals surface area contributed by atoms with Crippen LogP contribution in [0, 0.1) is 20.8 Å². The number of nitrogens with one attached hydrogen (secondary N) is 1. The van der Waals surface area contributed by atoms with Gasteiger partial charge in [0, 0.05) is 29.0 Å². The maximum atomic E-state index is 9.83. The van der Waals surface area contributed by atoms with Crippen molar-refractivity contribution < 1.29 is 5.11 Å². The van der Waals surface area contributed by atoms with E-state index >= 15 is 0 Å². The van der Waals surface area contributed by atoms with E-state index in [2.05, 4.69) is 70.9 Å². The second kappa shape index (κ2) is 8.37. The Morgan fingerprint density at radius 2 is 1.67 bits per heavy atom. The van der Waals surface area contributed by atoms with Crippen molar-refractivity contribution >= 4 is 23.0 Å². The van der Waals surface area contributed by atoms with Crippen LogP contribution in [0.3, 0.4) is 0 Å². The second-order valence-electron chi connectivity index (χ2n) is 8.46. The van der Waals surface area contributed by atoms with Crippen LogP contribution in [0.25, 0.3) is 5.69 Å². The fourth-order valence-corrected chi connectivity index (χ4v) is 5.18. The second-order valence-corrected chi connectivity index (χ2v) is 8.85. The molecule has 33 heavy (non-hydrogen) atoms. The highest BCUT2D eigenvalue weighted by molar-refractivity contribution is 7.80. The van der Waals surface area contributed by atoms with Crippen molar-refractivity contribution in [1.82, 2.24) is 14.9 Å². The van der Waals surface area contributed by atoms with Gasteiger partial charge in [-0.25, -0.2) is 0 Å². The summed E-state index contributed by atoms with van der Waals surface area (Å²) in [6, 6.07) is 23.6. The molecule has 5 nitrogen and oxygen atoms in total. The van der Waals surface area contributed by atoms with Crippen LogP contribution in [0.15, 0.2) is 79.0 Å². The van der Waals surface area contributed by atoms with Crippen LogP contribution < -0.4 is 10.2 Å². The monoisotopic (exact) mass is 454 g/mol. The first-order valence-corrected chi connectivity index (χ1v) is 11.4. The van der Waals surface area contributed by atoms with E-state index in [1.807, 2.05) is 36.5 Å². The summed E-state index contributed by atoms with van der Waals surface area (Å²) in [6.07, 6.45) is 1.82. The van der Waals surface area contributed by atoms with Crippen molar-refractivity contribution in [3.8, 4) is 11.4 Å². The van der Waals surface area contributed by atoms with Gasteiger partial charge in [-0.05, 0) is 92.6 Å². The Morgan fingerprint density at radius 1 is 0.939 bits per heavy atom. The Bertz CT molecular complexity index is 1310. The number of rotatable bonds is 4. The fourth-order valence-electron chi connectivity index (χ4n) is 4.83. The summed E-state index contributed by atoms with van der Waals surface area (Å²) in [5.41, 5.74) is 7.79. The van der Waals surface area contributed by atoms with Crippen molar-refractivity contribution in [2.75, 3.05) is 4.90 Å². The molecule has 166 valence electrons. The SMILES string of the molecule is Cc1ccccc1-n1c(C)cc([C@H]2[C@@H](c3ccccn3)NC(=S)N2c2ccc(O)cc2)c1C. The lowest BCUT2D eigenvalue weighted by Gasteiger charge is -2.28. The Kier molecular flexibility index (Phi) is 5.38. The highest BCUT2D eigenvalue weighted by Crippen LogP contribution is 2.44. The minimum absolute atomic E-state index is 0.0964. The van der Waals surface area contributed by atoms with Crippen LogP contribution in [0.4, 0.5) is 5.69 Å². The van der Waals surface area contributed by atoms with Crippen LogP contribution >= 0.6 is 12.2 Å². The first kappa shape index (κ1) is 21.2. The summed E-state index contributed by atoms with van der Waals surface area (Å²) in [5, 5.41) is 14.0. The zero-order valence-electron chi connectivity index (χ0n) is 18.9. The number of thiocarbonyl (C=S) groups is 1. The third-order valence-electron chi connectivity index (χ3n) is 6.37. The number of aryl methyl sites for hydroxylation is 2. The molecule has 3 heterocycles. The number of hydrogen-bond donors (Lipinski definition) is 2. The number of phenols is 1. The van der Waals surface area contributed by atoms with Crippen LogP contribution in [-0.2, 0) is 0 Å². The average molecular weight is 455 g/mol. The van der Waals surface area contributed by atoms with Crippen LogP contribution in [0.5, 0.6) is 5.75 Å². The van der Waals surface area contributed by atoms with Gasteiger partial charge in [-0.15, -0.1) is 0 Å². The number of benzene rings is 2. The van der Waals surface area contributed by atoms with Crippen molar-refractivity contribution in [2.24, 2.45) is 0 Å². The van der Waals surface area contributed by atoms with E-state index in [9.17, 15) is 5.11 Å². The summed E-state index contributed by atoms with van der Waals surface area (Å²) in [7, 11) is 0. The first-order chi connectivity index (χ1) is 16.0. The van der Waals surface area contributed by atoms with Gasteiger partial charge >= 0.3 is 0 Å². The molecular formula is C27H26N4OS. The molecule has 0 bridgehead atoms. The lowest BCUT2D eigenvalue weighted by Crippen LogP contribution is -2.29. The molecule has 0 amide bonds. The van der Waals surface area contributed by atoms with Crippen LogP contribution in [-0.4, -0.2) is 19.8 Å². The van der Waals surface area contributed by atoms with Crippen molar-refractivity contribution in [2.45, 2.75) is 32.9 Å². The molecule has 2 N–H and O–H groups in total. The first-order valence-electron chi connectivity index (χ1n) is 11.0. The van der Waals surface area contributed by atoms with Crippen molar-refractivity contribution in [3.63, 3.8) is 0 Å². The van der Waals surface area contributed by atoms with E-state index in [0.29, 0.717) is 5.11 Å². The van der Waals surface area contributed by atoms with E-state index in [-0.39, 0.29) is 17.8 Å². The lowest BCUT2D eigenvalue weighted by atomic mass is 9.96. The number of aromatic hydroxyl groups is 1. The van der Waals surface area contributed by atoms with Gasteiger partial charge in [0.15, 0.2) is 5.11 Å². The minimum Gasteiger partial charge on any atom is -0.508 e. The Labute approximate surface area is 199 Å². The smallest absolute Gasteiger partial charge is 0.174 e. The van der Waals surface area contributed by atoms with E-state index < -0.39 is 0 Å². The van der Waals surface area contributed by atoms with Gasteiger partial charge in [-0.2, -0.15) is 0 Å². The Hall–Kier alpha value is -3.64. The molecule has 1 aliphatic rings. The summed E-state index contributed by atoms with van der Waals surface area (Å²) >= 11 is 5.82. The highest BCUT2D eigenvalue weighted by atomic mass is 32.1. The summed E-state index contributed by atoms with van der Waals surface area (Å²) in [5.74, 6) is 0.229. The van der Waals surface area contributed by atoms with Gasteiger partial charge in [-0.3, -0.25) is 4.98 Å². The molecule has 1 saturated heterocycles. The van der Waals surface area contributed by atoms with E-state index in [1.165, 1.54) is 28.2 Å². The quantitative estimate of drug-likeness (QED) is 0.389. The molecular weight excluding hydrogens is 428 g/mol. The molecule has 0 radical (unpaired) electrons. The van der Waals surface area contributed by atoms with Gasteiger partial charge in [0.25, 0.3) is 0 Å². The predicted octanol–water partition coefficient (Wildman–Crippen LogP) is 5.68. The van der Waals surface area contributed by atoms with Crippen LogP contribution in [0.2, 0.25) is 0 Å². The summed E-state index contributed by atoms with van der Waals surface area (Å²) in [6.45, 7) is 6.45. The third-order valence-corrected chi connectivity index (χ3v) is 6.69. The zero-order valence-corrected chi connectivity index (χ0v) is 19.7. The zero-order chi connectivity index (χ0) is 23.1. The number of para-hydroxylation sites is 1. The Morgan fingerprint density at radius 3 is 2.36 bits per heavy atom. The minimum atomic E-state index is -0.113. The summed E-state index contributed by atoms with van der Waals surface area (Å²) in [4.78, 5) is 6.79. The highest BCUT2D eigenvalue weighted by Gasteiger charge is 2.42. The normalized spacial score (nSPS) is 17.9. The van der Waals surface area contributed by atoms with E-state index in [1.54, 1.807) is 12.1 Å². The number of aromatic nitrogens is 2. The number of anilines is 1. The van der Waals surface area contributed by atoms with E-state index in [4.69, 9.17) is 12.2 Å². The standard InChI is InChI=1S/C27H26N4OS/c1-17-8-4-5-10-24(17)30-18(2)16-22(19(30)3)26-25(23-9-6-7-15-28-23)29-27(33)31(26)20-11-13-21(32)14-12-20/h4-16,25-26,32H,1-3H3,(H,29,33)/t25-,26+/m1/s1. The molecule has 5 rings (SSSR count). The largest absolute Gasteiger partial charge is 0.508 e. The molecule has 0 spiro atoms. The maximum absolute atomic E-state index is 9.83. The van der Waals surface area contributed by atoms with Crippen molar-refractivity contribution in [3.05, 3.63) is 107 Å². The summed E-state index contributed by atoms with van der Waals surface area (Å²) < 4.78 is 2.32. The molecule has 4 aromatic rings. The molecule has 0 saturated carbocycles. The topological polar surface area (TPSA) is 53.3 Å². The Balaban J connectivity index is 1.69. The number of nitrogens with zero attached hydrogens (tertiary/aromatic N) is 3. The molecule has 2 aromatic heterocycles. The molecule has 2 aromatic carbocycles. The van der Waals surface area contributed by atoms with Gasteiger partial charge in [0.2, 0.25) is 0 Å². The van der Waals surface area contributed by atoms with Gasteiger partial charge in [0.05, 0.1) is 17.8 Å². The van der Waals surface area contributed by atoms with E-state index in [0.717, 1.165) is 11.4 Å². The molecule has 2 atom stereocenters. The molecule has 1 fully saturated rings. The number of pyridine rings is 1. The predicted molar refractivity (Wildman–Crippen MR) is 136 cm³/mol. The fraction of sp³-hybridized carbons (Fsp3) is 0.185.